The largest absolute Gasteiger partial charge is 0.344 e. The lowest BCUT2D eigenvalue weighted by molar-refractivity contribution is -0.117. The standard InChI is InChI=1S/C12H16N6O2S/c1-7-10(11(20)17(2)3)21-12(15-7)18-6-8(4-9(18)19)5-14-16-13/h8H,4-6H2,1-3H3. The highest BCUT2D eigenvalue weighted by Gasteiger charge is 2.33. The topological polar surface area (TPSA) is 102 Å². The smallest absolute Gasteiger partial charge is 0.265 e. The highest BCUT2D eigenvalue weighted by molar-refractivity contribution is 7.17. The maximum absolute atomic E-state index is 12.0. The van der Waals surface area contributed by atoms with Gasteiger partial charge in [0.25, 0.3) is 5.91 Å². The predicted molar refractivity (Wildman–Crippen MR) is 79.3 cm³/mol. The number of carbonyl (C=O) groups is 2. The van der Waals surface area contributed by atoms with Crippen molar-refractivity contribution in [2.75, 3.05) is 32.1 Å². The summed E-state index contributed by atoms with van der Waals surface area (Å²) >= 11 is 1.22. The first-order valence-corrected chi connectivity index (χ1v) is 7.26. The molecule has 1 saturated heterocycles. The maximum Gasteiger partial charge on any atom is 0.265 e. The van der Waals surface area contributed by atoms with Crippen molar-refractivity contribution in [3.8, 4) is 0 Å². The third-order valence-corrected chi connectivity index (χ3v) is 4.39. The zero-order chi connectivity index (χ0) is 15.6. The first-order valence-electron chi connectivity index (χ1n) is 6.44. The van der Waals surface area contributed by atoms with Crippen LogP contribution in [0.2, 0.25) is 0 Å². The molecule has 0 saturated carbocycles. The monoisotopic (exact) mass is 308 g/mol. The summed E-state index contributed by atoms with van der Waals surface area (Å²) in [5.41, 5.74) is 8.96. The summed E-state index contributed by atoms with van der Waals surface area (Å²) in [7, 11) is 3.36. The summed E-state index contributed by atoms with van der Waals surface area (Å²) in [5, 5.41) is 4.05. The van der Waals surface area contributed by atoms with Crippen LogP contribution in [-0.2, 0) is 4.79 Å². The normalized spacial score (nSPS) is 17.8. The fourth-order valence-electron chi connectivity index (χ4n) is 2.14. The molecule has 0 spiro atoms. The minimum absolute atomic E-state index is 0.00519. The minimum atomic E-state index is -0.117. The molecule has 0 bridgehead atoms. The number of hydrogen-bond donors (Lipinski definition) is 0. The molecule has 2 rings (SSSR count). The molecule has 2 amide bonds. The van der Waals surface area contributed by atoms with Crippen molar-refractivity contribution in [1.29, 1.82) is 0 Å². The van der Waals surface area contributed by atoms with Gasteiger partial charge >= 0.3 is 0 Å². The highest BCUT2D eigenvalue weighted by atomic mass is 32.1. The molecule has 1 unspecified atom stereocenters. The second-order valence-electron chi connectivity index (χ2n) is 5.10. The van der Waals surface area contributed by atoms with Crippen LogP contribution in [0.4, 0.5) is 5.13 Å². The molecule has 9 heteroatoms. The highest BCUT2D eigenvalue weighted by Crippen LogP contribution is 2.31. The molecule has 112 valence electrons. The zero-order valence-electron chi connectivity index (χ0n) is 12.1. The van der Waals surface area contributed by atoms with Crippen molar-refractivity contribution >= 4 is 28.3 Å². The Balaban J connectivity index is 2.19. The van der Waals surface area contributed by atoms with Gasteiger partial charge in [0.05, 0.1) is 5.69 Å². The van der Waals surface area contributed by atoms with Crippen molar-refractivity contribution in [2.45, 2.75) is 13.3 Å². The van der Waals surface area contributed by atoms with E-state index in [-0.39, 0.29) is 17.7 Å². The van der Waals surface area contributed by atoms with Gasteiger partial charge < -0.3 is 4.90 Å². The Labute approximate surface area is 126 Å². The van der Waals surface area contributed by atoms with Gasteiger partial charge in [0.1, 0.15) is 4.88 Å². The molecule has 0 aliphatic carbocycles. The summed E-state index contributed by atoms with van der Waals surface area (Å²) in [5.74, 6) is -0.162. The summed E-state index contributed by atoms with van der Waals surface area (Å²) in [6, 6.07) is 0. The van der Waals surface area contributed by atoms with Crippen LogP contribution in [0.5, 0.6) is 0 Å². The van der Waals surface area contributed by atoms with Crippen molar-refractivity contribution < 1.29 is 9.59 Å². The molecule has 1 atom stereocenters. The van der Waals surface area contributed by atoms with E-state index in [2.05, 4.69) is 15.0 Å². The number of nitrogens with zero attached hydrogens (tertiary/aromatic N) is 6. The molecule has 2 heterocycles. The summed E-state index contributed by atoms with van der Waals surface area (Å²) < 4.78 is 0. The molecule has 1 aromatic heterocycles. The van der Waals surface area contributed by atoms with Gasteiger partial charge in [0.2, 0.25) is 5.91 Å². The molecule has 0 aromatic carbocycles. The van der Waals surface area contributed by atoms with E-state index in [4.69, 9.17) is 5.53 Å². The molecular formula is C12H16N6O2S. The number of azide groups is 1. The lowest BCUT2D eigenvalue weighted by Crippen LogP contribution is -2.24. The third kappa shape index (κ3) is 3.14. The summed E-state index contributed by atoms with van der Waals surface area (Å²) in [6.45, 7) is 2.53. The van der Waals surface area contributed by atoms with Gasteiger partial charge in [0.15, 0.2) is 5.13 Å². The SMILES string of the molecule is Cc1nc(N2CC(CN=[N+]=[N-])CC2=O)sc1C(=O)N(C)C. The minimum Gasteiger partial charge on any atom is -0.344 e. The van der Waals surface area contributed by atoms with E-state index in [1.807, 2.05) is 0 Å². The van der Waals surface area contributed by atoms with Crippen molar-refractivity contribution in [2.24, 2.45) is 11.0 Å². The second kappa shape index (κ2) is 6.11. The molecule has 1 fully saturated rings. The quantitative estimate of drug-likeness (QED) is 0.481. The molecule has 1 aliphatic heterocycles. The molecular weight excluding hydrogens is 292 g/mol. The first kappa shape index (κ1) is 15.3. The van der Waals surface area contributed by atoms with Gasteiger partial charge in [-0.1, -0.05) is 16.5 Å². The van der Waals surface area contributed by atoms with Crippen LogP contribution in [-0.4, -0.2) is 48.9 Å². The first-order chi connectivity index (χ1) is 9.93. The van der Waals surface area contributed by atoms with Crippen LogP contribution < -0.4 is 4.90 Å². The molecule has 1 aliphatic rings. The van der Waals surface area contributed by atoms with Crippen LogP contribution in [0.3, 0.4) is 0 Å². The number of rotatable bonds is 4. The van der Waals surface area contributed by atoms with Crippen LogP contribution in [0.25, 0.3) is 10.4 Å². The van der Waals surface area contributed by atoms with Crippen LogP contribution >= 0.6 is 11.3 Å². The van der Waals surface area contributed by atoms with Crippen LogP contribution in [0.15, 0.2) is 5.11 Å². The van der Waals surface area contributed by atoms with Gasteiger partial charge in [0, 0.05) is 38.5 Å². The van der Waals surface area contributed by atoms with E-state index in [1.54, 1.807) is 25.9 Å². The van der Waals surface area contributed by atoms with Crippen LogP contribution in [0.1, 0.15) is 21.8 Å². The average Bonchev–Trinajstić information content (AvgIpc) is 2.98. The van der Waals surface area contributed by atoms with E-state index in [9.17, 15) is 9.59 Å². The summed E-state index contributed by atoms with van der Waals surface area (Å²) in [6.07, 6.45) is 0.342. The number of carbonyl (C=O) groups excluding carboxylic acids is 2. The predicted octanol–water partition coefficient (Wildman–Crippen LogP) is 1.82. The number of thiazole rings is 1. The van der Waals surface area contributed by atoms with Gasteiger partial charge in [-0.2, -0.15) is 0 Å². The Bertz CT molecular complexity index is 619. The Hall–Kier alpha value is -2.12. The van der Waals surface area contributed by atoms with Gasteiger partial charge in [-0.05, 0) is 18.4 Å². The van der Waals surface area contributed by atoms with E-state index in [1.165, 1.54) is 16.2 Å². The Kier molecular flexibility index (Phi) is 4.44. The molecule has 1 aromatic rings. The molecule has 21 heavy (non-hydrogen) atoms. The van der Waals surface area contributed by atoms with E-state index in [0.717, 1.165) is 0 Å². The third-order valence-electron chi connectivity index (χ3n) is 3.22. The Morgan fingerprint density at radius 2 is 2.33 bits per heavy atom. The van der Waals surface area contributed by atoms with Crippen molar-refractivity contribution in [1.82, 2.24) is 9.88 Å². The Morgan fingerprint density at radius 3 is 2.95 bits per heavy atom. The lowest BCUT2D eigenvalue weighted by atomic mass is 10.1. The fraction of sp³-hybridized carbons (Fsp3) is 0.583. The number of aryl methyl sites for hydroxylation is 1. The van der Waals surface area contributed by atoms with Crippen molar-refractivity contribution in [3.63, 3.8) is 0 Å². The zero-order valence-corrected chi connectivity index (χ0v) is 12.9. The lowest BCUT2D eigenvalue weighted by Gasteiger charge is -2.12. The van der Waals surface area contributed by atoms with Gasteiger partial charge in [-0.25, -0.2) is 4.98 Å². The fourth-order valence-corrected chi connectivity index (χ4v) is 3.25. The van der Waals surface area contributed by atoms with Crippen LogP contribution in [0, 0.1) is 12.8 Å². The molecule has 8 nitrogen and oxygen atoms in total. The van der Waals surface area contributed by atoms with Crippen molar-refractivity contribution in [3.05, 3.63) is 21.0 Å². The molecule has 0 radical (unpaired) electrons. The maximum atomic E-state index is 12.0. The van der Waals surface area contributed by atoms with Gasteiger partial charge in [-0.3, -0.25) is 14.5 Å². The van der Waals surface area contributed by atoms with E-state index < -0.39 is 0 Å². The number of anilines is 1. The average molecular weight is 308 g/mol. The summed E-state index contributed by atoms with van der Waals surface area (Å²) in [4.78, 5) is 34.7. The number of amides is 2. The second-order valence-corrected chi connectivity index (χ2v) is 6.08. The number of aromatic nitrogens is 1. The van der Waals surface area contributed by atoms with E-state index >= 15 is 0 Å². The number of hydrogen-bond acceptors (Lipinski definition) is 5. The van der Waals surface area contributed by atoms with Gasteiger partial charge in [-0.15, -0.1) is 0 Å². The Morgan fingerprint density at radius 1 is 1.62 bits per heavy atom. The molecule has 0 N–H and O–H groups in total. The van der Waals surface area contributed by atoms with E-state index in [0.29, 0.717) is 35.2 Å².